The number of benzene rings is 1. The van der Waals surface area contributed by atoms with Crippen molar-refractivity contribution >= 4 is 22.1 Å². The summed E-state index contributed by atoms with van der Waals surface area (Å²) in [5, 5.41) is 3.77. The van der Waals surface area contributed by atoms with Crippen molar-refractivity contribution in [1.29, 1.82) is 0 Å². The lowest BCUT2D eigenvalue weighted by molar-refractivity contribution is 0.131. The summed E-state index contributed by atoms with van der Waals surface area (Å²) in [7, 11) is 0. The molecule has 1 aliphatic carbocycles. The summed E-state index contributed by atoms with van der Waals surface area (Å²) in [5.74, 6) is 0. The average Bonchev–Trinajstić information content (AvgIpc) is 2.88. The van der Waals surface area contributed by atoms with Gasteiger partial charge < -0.3 is 4.84 Å². The van der Waals surface area contributed by atoms with Crippen LogP contribution in [0.2, 0.25) is 0 Å². The van der Waals surface area contributed by atoms with Crippen LogP contribution < -0.4 is 0 Å². The van der Waals surface area contributed by atoms with Gasteiger partial charge in [-0.3, -0.25) is 0 Å². The minimum Gasteiger partial charge on any atom is -0.392 e. The number of hydrogen-bond acceptors (Lipinski definition) is 2. The Hall–Kier alpha value is -0.830. The van der Waals surface area contributed by atoms with E-state index in [4.69, 9.17) is 4.84 Å². The highest BCUT2D eigenvalue weighted by Crippen LogP contribution is 2.23. The van der Waals surface area contributed by atoms with Crippen molar-refractivity contribution < 1.29 is 4.84 Å². The van der Waals surface area contributed by atoms with Gasteiger partial charge in [-0.25, -0.2) is 0 Å². The Morgan fingerprint density at radius 3 is 3.00 bits per heavy atom. The van der Waals surface area contributed by atoms with E-state index in [1.54, 1.807) is 0 Å². The van der Waals surface area contributed by atoms with Crippen molar-refractivity contribution in [1.82, 2.24) is 0 Å². The van der Waals surface area contributed by atoms with E-state index in [1.165, 1.54) is 0 Å². The molecule has 0 unspecified atom stereocenters. The van der Waals surface area contributed by atoms with Crippen LogP contribution in [-0.4, -0.2) is 12.3 Å². The van der Waals surface area contributed by atoms with Crippen LogP contribution in [0.15, 0.2) is 33.9 Å². The molecule has 13 heavy (non-hydrogen) atoms. The Balaban J connectivity index is 1.95. The Bertz CT molecular complexity index is 320. The topological polar surface area (TPSA) is 21.6 Å². The van der Waals surface area contributed by atoms with Crippen molar-refractivity contribution in [2.45, 2.75) is 18.9 Å². The highest BCUT2D eigenvalue weighted by molar-refractivity contribution is 9.10. The van der Waals surface area contributed by atoms with Gasteiger partial charge in [0.15, 0.2) is 0 Å². The predicted octanol–water partition coefficient (Wildman–Crippen LogP) is 2.84. The van der Waals surface area contributed by atoms with Crippen LogP contribution in [0.1, 0.15) is 18.4 Å². The molecule has 0 saturated heterocycles. The lowest BCUT2D eigenvalue weighted by atomic mass is 10.2. The summed E-state index contributed by atoms with van der Waals surface area (Å²) in [6.45, 7) is 0. The first-order valence-corrected chi connectivity index (χ1v) is 5.01. The maximum Gasteiger partial charge on any atom is 0.139 e. The zero-order valence-corrected chi connectivity index (χ0v) is 8.62. The molecule has 1 saturated carbocycles. The third-order valence-corrected chi connectivity index (χ3v) is 2.22. The molecular formula is C10H9BrNO. The van der Waals surface area contributed by atoms with Gasteiger partial charge in [0.25, 0.3) is 0 Å². The highest BCUT2D eigenvalue weighted by Gasteiger charge is 2.23. The molecule has 1 radical (unpaired) electrons. The normalized spacial score (nSPS) is 16.4. The van der Waals surface area contributed by atoms with Gasteiger partial charge in [0, 0.05) is 10.0 Å². The maximum atomic E-state index is 5.10. The zero-order chi connectivity index (χ0) is 9.10. The van der Waals surface area contributed by atoms with Crippen LogP contribution in [0.25, 0.3) is 0 Å². The first-order chi connectivity index (χ1) is 6.34. The highest BCUT2D eigenvalue weighted by atomic mass is 79.9. The second kappa shape index (κ2) is 3.92. The van der Waals surface area contributed by atoms with Crippen LogP contribution in [0.5, 0.6) is 0 Å². The first-order valence-electron chi connectivity index (χ1n) is 4.22. The van der Waals surface area contributed by atoms with Gasteiger partial charge in [0.05, 0.1) is 0 Å². The first kappa shape index (κ1) is 8.75. The molecule has 0 aromatic heterocycles. The molecule has 1 aromatic rings. The minimum absolute atomic E-state index is 0.347. The fourth-order valence-corrected chi connectivity index (χ4v) is 1.28. The number of nitrogens with zero attached hydrogens (tertiary/aromatic N) is 1. The van der Waals surface area contributed by atoms with Gasteiger partial charge in [-0.15, -0.1) is 0 Å². The van der Waals surface area contributed by atoms with Crippen LogP contribution >= 0.6 is 15.9 Å². The SMILES string of the molecule is Brc1cccc(/[C]=N/OC2CC2)c1. The predicted molar refractivity (Wildman–Crippen MR) is 54.8 cm³/mol. The smallest absolute Gasteiger partial charge is 0.139 e. The van der Waals surface area contributed by atoms with Gasteiger partial charge in [-0.1, -0.05) is 33.2 Å². The third kappa shape index (κ3) is 2.84. The van der Waals surface area contributed by atoms with E-state index in [0.717, 1.165) is 22.9 Å². The monoisotopic (exact) mass is 238 g/mol. The lowest BCUT2D eigenvalue weighted by Crippen LogP contribution is -1.86. The molecule has 0 aliphatic heterocycles. The van der Waals surface area contributed by atoms with E-state index in [2.05, 4.69) is 27.3 Å². The zero-order valence-electron chi connectivity index (χ0n) is 7.03. The number of hydrogen-bond donors (Lipinski definition) is 0. The molecule has 67 valence electrons. The van der Waals surface area contributed by atoms with Crippen LogP contribution in [0, 0.1) is 0 Å². The summed E-state index contributed by atoms with van der Waals surface area (Å²) in [4.78, 5) is 5.10. The molecule has 2 nitrogen and oxygen atoms in total. The van der Waals surface area contributed by atoms with Gasteiger partial charge in [-0.05, 0) is 25.0 Å². The largest absolute Gasteiger partial charge is 0.392 e. The summed E-state index contributed by atoms with van der Waals surface area (Å²) in [6.07, 6.45) is 5.43. The van der Waals surface area contributed by atoms with E-state index in [9.17, 15) is 0 Å². The fraction of sp³-hybridized carbons (Fsp3) is 0.300. The molecule has 2 rings (SSSR count). The molecule has 3 heteroatoms. The quantitative estimate of drug-likeness (QED) is 0.587. The third-order valence-electron chi connectivity index (χ3n) is 1.73. The van der Waals surface area contributed by atoms with Gasteiger partial charge >= 0.3 is 0 Å². The molecule has 0 atom stereocenters. The molecule has 1 fully saturated rings. The van der Waals surface area contributed by atoms with Crippen molar-refractivity contribution in [2.24, 2.45) is 5.16 Å². The van der Waals surface area contributed by atoms with E-state index in [-0.39, 0.29) is 0 Å². The molecule has 0 spiro atoms. The van der Waals surface area contributed by atoms with E-state index in [0.29, 0.717) is 6.10 Å². The second-order valence-electron chi connectivity index (χ2n) is 3.02. The number of halogens is 1. The lowest BCUT2D eigenvalue weighted by Gasteiger charge is -1.93. The maximum absolute atomic E-state index is 5.10. The van der Waals surface area contributed by atoms with E-state index >= 15 is 0 Å². The molecule has 0 N–H and O–H groups in total. The Kier molecular flexibility index (Phi) is 2.64. The average molecular weight is 239 g/mol. The summed E-state index contributed by atoms with van der Waals surface area (Å²) in [6, 6.07) is 7.79. The minimum atomic E-state index is 0.347. The Morgan fingerprint density at radius 2 is 2.31 bits per heavy atom. The Morgan fingerprint density at radius 1 is 1.46 bits per heavy atom. The van der Waals surface area contributed by atoms with Crippen LogP contribution in [0.3, 0.4) is 0 Å². The molecule has 0 amide bonds. The van der Waals surface area contributed by atoms with Crippen molar-refractivity contribution in [2.75, 3.05) is 0 Å². The standard InChI is InChI=1S/C10H9BrNO/c11-9-3-1-2-8(6-9)7-12-13-10-4-5-10/h1-3,6,10H,4-5H2. The second-order valence-corrected chi connectivity index (χ2v) is 3.93. The van der Waals surface area contributed by atoms with Gasteiger partial charge in [0.1, 0.15) is 12.3 Å². The van der Waals surface area contributed by atoms with Crippen molar-refractivity contribution in [3.05, 3.63) is 34.3 Å². The van der Waals surface area contributed by atoms with Crippen molar-refractivity contribution in [3.8, 4) is 0 Å². The fourth-order valence-electron chi connectivity index (χ4n) is 0.885. The number of rotatable bonds is 3. The Labute approximate surface area is 85.7 Å². The summed E-state index contributed by atoms with van der Waals surface area (Å²) in [5.41, 5.74) is 0.926. The van der Waals surface area contributed by atoms with Crippen LogP contribution in [0.4, 0.5) is 0 Å². The molecule has 0 heterocycles. The molecular weight excluding hydrogens is 230 g/mol. The molecule has 0 bridgehead atoms. The van der Waals surface area contributed by atoms with Crippen molar-refractivity contribution in [3.63, 3.8) is 0 Å². The van der Waals surface area contributed by atoms with Crippen LogP contribution in [-0.2, 0) is 4.84 Å². The summed E-state index contributed by atoms with van der Waals surface area (Å²) >= 11 is 3.37. The van der Waals surface area contributed by atoms with E-state index in [1.807, 2.05) is 24.3 Å². The molecule has 1 aliphatic rings. The van der Waals surface area contributed by atoms with E-state index < -0.39 is 0 Å². The molecule has 1 aromatic carbocycles. The van der Waals surface area contributed by atoms with Gasteiger partial charge in [0.2, 0.25) is 0 Å². The van der Waals surface area contributed by atoms with Gasteiger partial charge in [-0.2, -0.15) is 0 Å². The summed E-state index contributed by atoms with van der Waals surface area (Å²) < 4.78 is 1.03.